The number of amides is 1. The second-order valence-corrected chi connectivity index (χ2v) is 4.48. The number of hydrazine groups is 1. The van der Waals surface area contributed by atoms with Crippen molar-refractivity contribution in [2.24, 2.45) is 0 Å². The number of carbonyl (C=O) groups is 1. The van der Waals surface area contributed by atoms with Gasteiger partial charge in [-0.2, -0.15) is 0 Å². The lowest BCUT2D eigenvalue weighted by molar-refractivity contribution is -0.125. The fourth-order valence-corrected chi connectivity index (χ4v) is 1.66. The standard InChI is InChI=1S/C10H20N4O/c1-13-4-6-14(7-5-13)12-10(15)8-11-9-2-3-9/h9,11H,2-8H2,1H3,(H,12,15). The molecule has 0 spiro atoms. The second kappa shape index (κ2) is 4.92. The summed E-state index contributed by atoms with van der Waals surface area (Å²) in [5.41, 5.74) is 2.93. The SMILES string of the molecule is CN1CCN(NC(=O)CNC2CC2)CC1. The first-order valence-corrected chi connectivity index (χ1v) is 5.70. The maximum Gasteiger partial charge on any atom is 0.248 e. The van der Waals surface area contributed by atoms with Crippen LogP contribution in [0.3, 0.4) is 0 Å². The van der Waals surface area contributed by atoms with Gasteiger partial charge in [0.1, 0.15) is 0 Å². The average Bonchev–Trinajstić information content (AvgIpc) is 3.02. The van der Waals surface area contributed by atoms with Crippen LogP contribution in [0.15, 0.2) is 0 Å². The van der Waals surface area contributed by atoms with E-state index in [0.717, 1.165) is 26.2 Å². The van der Waals surface area contributed by atoms with Gasteiger partial charge in [-0.3, -0.25) is 10.2 Å². The Morgan fingerprint density at radius 1 is 1.27 bits per heavy atom. The van der Waals surface area contributed by atoms with Crippen LogP contribution in [0.1, 0.15) is 12.8 Å². The number of hydrogen-bond acceptors (Lipinski definition) is 4. The van der Waals surface area contributed by atoms with E-state index in [4.69, 9.17) is 0 Å². The molecule has 2 aliphatic rings. The summed E-state index contributed by atoms with van der Waals surface area (Å²) in [7, 11) is 2.10. The van der Waals surface area contributed by atoms with Crippen LogP contribution in [-0.4, -0.2) is 61.6 Å². The van der Waals surface area contributed by atoms with Gasteiger partial charge in [-0.25, -0.2) is 5.01 Å². The smallest absolute Gasteiger partial charge is 0.248 e. The van der Waals surface area contributed by atoms with Gasteiger partial charge in [0.15, 0.2) is 0 Å². The number of rotatable bonds is 4. The monoisotopic (exact) mass is 212 g/mol. The lowest BCUT2D eigenvalue weighted by Gasteiger charge is -2.32. The van der Waals surface area contributed by atoms with Crippen molar-refractivity contribution in [3.63, 3.8) is 0 Å². The minimum absolute atomic E-state index is 0.0893. The molecule has 1 aliphatic heterocycles. The molecule has 1 heterocycles. The Morgan fingerprint density at radius 3 is 2.53 bits per heavy atom. The van der Waals surface area contributed by atoms with E-state index < -0.39 is 0 Å². The Labute approximate surface area is 90.8 Å². The third kappa shape index (κ3) is 3.77. The summed E-state index contributed by atoms with van der Waals surface area (Å²) in [6.07, 6.45) is 2.45. The summed E-state index contributed by atoms with van der Waals surface area (Å²) < 4.78 is 0. The van der Waals surface area contributed by atoms with Gasteiger partial charge in [0.05, 0.1) is 6.54 Å². The molecule has 0 bridgehead atoms. The zero-order chi connectivity index (χ0) is 10.7. The largest absolute Gasteiger partial charge is 0.306 e. The van der Waals surface area contributed by atoms with Crippen molar-refractivity contribution in [1.29, 1.82) is 0 Å². The Kier molecular flexibility index (Phi) is 3.56. The normalized spacial score (nSPS) is 24.1. The molecule has 5 heteroatoms. The molecule has 1 saturated carbocycles. The van der Waals surface area contributed by atoms with Crippen LogP contribution in [0.4, 0.5) is 0 Å². The van der Waals surface area contributed by atoms with Gasteiger partial charge in [0.2, 0.25) is 5.91 Å². The van der Waals surface area contributed by atoms with Crippen molar-refractivity contribution in [3.05, 3.63) is 0 Å². The second-order valence-electron chi connectivity index (χ2n) is 4.48. The maximum absolute atomic E-state index is 11.5. The van der Waals surface area contributed by atoms with Crippen molar-refractivity contribution < 1.29 is 4.79 Å². The first kappa shape index (κ1) is 10.9. The fourth-order valence-electron chi connectivity index (χ4n) is 1.66. The van der Waals surface area contributed by atoms with E-state index in [0.29, 0.717) is 12.6 Å². The van der Waals surface area contributed by atoms with E-state index in [9.17, 15) is 4.79 Å². The van der Waals surface area contributed by atoms with Crippen molar-refractivity contribution in [2.45, 2.75) is 18.9 Å². The summed E-state index contributed by atoms with van der Waals surface area (Å²) in [5, 5.41) is 5.22. The van der Waals surface area contributed by atoms with Crippen LogP contribution < -0.4 is 10.7 Å². The molecule has 0 unspecified atom stereocenters. The molecule has 2 N–H and O–H groups in total. The number of nitrogens with zero attached hydrogens (tertiary/aromatic N) is 2. The number of carbonyl (C=O) groups excluding carboxylic acids is 1. The highest BCUT2D eigenvalue weighted by Gasteiger charge is 2.22. The van der Waals surface area contributed by atoms with Gasteiger partial charge < -0.3 is 10.2 Å². The highest BCUT2D eigenvalue weighted by Crippen LogP contribution is 2.17. The Balaban J connectivity index is 1.60. The number of likely N-dealkylation sites (N-methyl/N-ethyl adjacent to an activating group) is 1. The summed E-state index contributed by atoms with van der Waals surface area (Å²) in [5.74, 6) is 0.0893. The zero-order valence-electron chi connectivity index (χ0n) is 9.33. The molecule has 15 heavy (non-hydrogen) atoms. The average molecular weight is 212 g/mol. The predicted molar refractivity (Wildman–Crippen MR) is 58.2 cm³/mol. The van der Waals surface area contributed by atoms with Crippen LogP contribution >= 0.6 is 0 Å². The first-order valence-electron chi connectivity index (χ1n) is 5.70. The minimum atomic E-state index is 0.0893. The molecular weight excluding hydrogens is 192 g/mol. The van der Waals surface area contributed by atoms with Crippen LogP contribution in [0.25, 0.3) is 0 Å². The molecule has 2 fully saturated rings. The lowest BCUT2D eigenvalue weighted by Crippen LogP contribution is -2.54. The van der Waals surface area contributed by atoms with E-state index in [2.05, 4.69) is 22.7 Å². The molecule has 2 rings (SSSR count). The quantitative estimate of drug-likeness (QED) is 0.629. The van der Waals surface area contributed by atoms with E-state index in [1.807, 2.05) is 5.01 Å². The van der Waals surface area contributed by atoms with Gasteiger partial charge in [0.25, 0.3) is 0 Å². The third-order valence-corrected chi connectivity index (χ3v) is 2.91. The van der Waals surface area contributed by atoms with Gasteiger partial charge in [-0.1, -0.05) is 0 Å². The van der Waals surface area contributed by atoms with Crippen LogP contribution in [-0.2, 0) is 4.79 Å². The van der Waals surface area contributed by atoms with Crippen molar-refractivity contribution >= 4 is 5.91 Å². The van der Waals surface area contributed by atoms with Crippen molar-refractivity contribution in [3.8, 4) is 0 Å². The van der Waals surface area contributed by atoms with Gasteiger partial charge in [0, 0.05) is 32.2 Å². The fraction of sp³-hybridized carbons (Fsp3) is 0.900. The minimum Gasteiger partial charge on any atom is -0.306 e. The topological polar surface area (TPSA) is 47.6 Å². The molecule has 1 amide bonds. The summed E-state index contributed by atoms with van der Waals surface area (Å²) in [6.45, 7) is 4.35. The molecule has 0 aromatic rings. The number of nitrogens with one attached hydrogen (secondary N) is 2. The molecule has 0 aromatic heterocycles. The maximum atomic E-state index is 11.5. The van der Waals surface area contributed by atoms with Crippen LogP contribution in [0.2, 0.25) is 0 Å². The highest BCUT2D eigenvalue weighted by molar-refractivity contribution is 5.77. The van der Waals surface area contributed by atoms with Gasteiger partial charge in [-0.05, 0) is 19.9 Å². The summed E-state index contributed by atoms with van der Waals surface area (Å²) >= 11 is 0. The molecule has 1 saturated heterocycles. The van der Waals surface area contributed by atoms with Crippen molar-refractivity contribution in [2.75, 3.05) is 39.8 Å². The first-order chi connectivity index (χ1) is 7.24. The Bertz CT molecular complexity index is 221. The van der Waals surface area contributed by atoms with E-state index in [-0.39, 0.29) is 5.91 Å². The van der Waals surface area contributed by atoms with E-state index in [1.54, 1.807) is 0 Å². The number of piperazine rings is 1. The molecule has 86 valence electrons. The molecule has 0 radical (unpaired) electrons. The zero-order valence-corrected chi connectivity index (χ0v) is 9.33. The van der Waals surface area contributed by atoms with Gasteiger partial charge in [-0.15, -0.1) is 0 Å². The molecule has 1 aliphatic carbocycles. The third-order valence-electron chi connectivity index (χ3n) is 2.91. The Hall–Kier alpha value is -0.650. The Morgan fingerprint density at radius 2 is 1.93 bits per heavy atom. The summed E-state index contributed by atoms with van der Waals surface area (Å²) in [6, 6.07) is 0.600. The lowest BCUT2D eigenvalue weighted by atomic mass is 10.4. The van der Waals surface area contributed by atoms with Crippen LogP contribution in [0.5, 0.6) is 0 Å². The predicted octanol–water partition coefficient (Wildman–Crippen LogP) is -0.983. The molecular formula is C10H20N4O. The molecule has 0 aromatic carbocycles. The highest BCUT2D eigenvalue weighted by atomic mass is 16.2. The molecule has 5 nitrogen and oxygen atoms in total. The van der Waals surface area contributed by atoms with E-state index in [1.165, 1.54) is 12.8 Å². The molecule has 0 atom stereocenters. The van der Waals surface area contributed by atoms with Gasteiger partial charge >= 0.3 is 0 Å². The number of hydrogen-bond donors (Lipinski definition) is 2. The summed E-state index contributed by atoms with van der Waals surface area (Å²) in [4.78, 5) is 13.8. The van der Waals surface area contributed by atoms with Crippen molar-refractivity contribution in [1.82, 2.24) is 20.7 Å². The van der Waals surface area contributed by atoms with Crippen LogP contribution in [0, 0.1) is 0 Å². The van der Waals surface area contributed by atoms with E-state index >= 15 is 0 Å².